The van der Waals surface area contributed by atoms with Crippen LogP contribution in [0.2, 0.25) is 0 Å². The van der Waals surface area contributed by atoms with Crippen LogP contribution in [-0.4, -0.2) is 25.7 Å². The van der Waals surface area contributed by atoms with Crippen molar-refractivity contribution in [2.24, 2.45) is 11.8 Å². The first-order valence-electron chi connectivity index (χ1n) is 6.48. The van der Waals surface area contributed by atoms with E-state index in [4.69, 9.17) is 0 Å². The fourth-order valence-electron chi connectivity index (χ4n) is 1.33. The summed E-state index contributed by atoms with van der Waals surface area (Å²) >= 11 is 0. The van der Waals surface area contributed by atoms with E-state index in [2.05, 4.69) is 45.3 Å². The molecule has 0 aromatic carbocycles. The van der Waals surface area contributed by atoms with Crippen LogP contribution in [0.25, 0.3) is 0 Å². The highest BCUT2D eigenvalue weighted by Crippen LogP contribution is 2.07. The summed E-state index contributed by atoms with van der Waals surface area (Å²) in [4.78, 5) is 0. The van der Waals surface area contributed by atoms with Crippen LogP contribution >= 0.6 is 0 Å². The smallest absolute Gasteiger partial charge is 0.00103 e. The summed E-state index contributed by atoms with van der Waals surface area (Å²) in [6, 6.07) is 0.624. The topological polar surface area (TPSA) is 24.1 Å². The average molecular weight is 214 g/mol. The first-order valence-corrected chi connectivity index (χ1v) is 6.48. The highest BCUT2D eigenvalue weighted by atomic mass is 14.9. The summed E-state index contributed by atoms with van der Waals surface area (Å²) in [5.74, 6) is 1.58. The Hall–Kier alpha value is -0.0800. The summed E-state index contributed by atoms with van der Waals surface area (Å²) < 4.78 is 0. The molecule has 0 saturated carbocycles. The third-order valence-electron chi connectivity index (χ3n) is 2.94. The number of hydrogen-bond acceptors (Lipinski definition) is 2. The van der Waals surface area contributed by atoms with Crippen LogP contribution in [-0.2, 0) is 0 Å². The van der Waals surface area contributed by atoms with E-state index in [9.17, 15) is 0 Å². The van der Waals surface area contributed by atoms with Crippen LogP contribution in [0.4, 0.5) is 0 Å². The van der Waals surface area contributed by atoms with Gasteiger partial charge in [0.15, 0.2) is 0 Å². The molecule has 0 saturated heterocycles. The largest absolute Gasteiger partial charge is 0.316 e. The lowest BCUT2D eigenvalue weighted by Gasteiger charge is -2.16. The quantitative estimate of drug-likeness (QED) is 0.577. The molecule has 0 fully saturated rings. The first kappa shape index (κ1) is 14.9. The van der Waals surface area contributed by atoms with Crippen molar-refractivity contribution in [1.82, 2.24) is 10.6 Å². The molecular weight excluding hydrogens is 184 g/mol. The van der Waals surface area contributed by atoms with Crippen molar-refractivity contribution in [3.63, 3.8) is 0 Å². The van der Waals surface area contributed by atoms with Gasteiger partial charge in [-0.25, -0.2) is 0 Å². The zero-order chi connectivity index (χ0) is 11.7. The molecule has 0 aromatic heterocycles. The summed E-state index contributed by atoms with van der Waals surface area (Å²) in [6.07, 6.45) is 2.56. The number of hydrogen-bond donors (Lipinski definition) is 2. The third kappa shape index (κ3) is 10.2. The Morgan fingerprint density at radius 1 is 0.867 bits per heavy atom. The fourth-order valence-corrected chi connectivity index (χ4v) is 1.33. The maximum Gasteiger partial charge on any atom is 0.00103 e. The molecule has 0 aliphatic rings. The Bertz CT molecular complexity index is 132. The molecule has 0 heterocycles. The second-order valence-corrected chi connectivity index (χ2v) is 5.24. The number of rotatable bonds is 9. The van der Waals surface area contributed by atoms with E-state index in [1.54, 1.807) is 0 Å². The van der Waals surface area contributed by atoms with Crippen LogP contribution in [0.3, 0.4) is 0 Å². The first-order chi connectivity index (χ1) is 7.04. The highest BCUT2D eigenvalue weighted by Gasteiger charge is 2.05. The Morgan fingerprint density at radius 2 is 1.47 bits per heavy atom. The average Bonchev–Trinajstić information content (AvgIpc) is 2.15. The van der Waals surface area contributed by atoms with E-state index in [0.29, 0.717) is 6.04 Å². The van der Waals surface area contributed by atoms with Gasteiger partial charge in [0, 0.05) is 6.04 Å². The molecule has 92 valence electrons. The molecule has 2 nitrogen and oxygen atoms in total. The van der Waals surface area contributed by atoms with E-state index < -0.39 is 0 Å². The van der Waals surface area contributed by atoms with Gasteiger partial charge in [0.25, 0.3) is 0 Å². The van der Waals surface area contributed by atoms with E-state index in [1.807, 2.05) is 0 Å². The van der Waals surface area contributed by atoms with Gasteiger partial charge >= 0.3 is 0 Å². The summed E-state index contributed by atoms with van der Waals surface area (Å²) in [5.41, 5.74) is 0. The standard InChI is InChI=1S/C13H30N2/c1-11(2)13(5)10-14-8-6-7-9-15-12(3)4/h11-15H,6-10H2,1-5H3. The Morgan fingerprint density at radius 3 is 2.00 bits per heavy atom. The molecule has 2 heteroatoms. The Kier molecular flexibility index (Phi) is 9.12. The van der Waals surface area contributed by atoms with Gasteiger partial charge in [-0.15, -0.1) is 0 Å². The van der Waals surface area contributed by atoms with Gasteiger partial charge in [-0.1, -0.05) is 34.6 Å². The molecule has 0 radical (unpaired) electrons. The van der Waals surface area contributed by atoms with E-state index in [-0.39, 0.29) is 0 Å². The van der Waals surface area contributed by atoms with Crippen molar-refractivity contribution in [2.45, 2.75) is 53.5 Å². The minimum atomic E-state index is 0.624. The molecule has 15 heavy (non-hydrogen) atoms. The Labute approximate surface area is 96.2 Å². The van der Waals surface area contributed by atoms with E-state index >= 15 is 0 Å². The number of unbranched alkanes of at least 4 members (excludes halogenated alkanes) is 1. The Balaban J connectivity index is 3.11. The van der Waals surface area contributed by atoms with Gasteiger partial charge in [0.1, 0.15) is 0 Å². The molecule has 0 rings (SSSR count). The second-order valence-electron chi connectivity index (χ2n) is 5.24. The lowest BCUT2D eigenvalue weighted by atomic mass is 9.98. The monoisotopic (exact) mass is 214 g/mol. The van der Waals surface area contributed by atoms with Crippen LogP contribution in [0, 0.1) is 11.8 Å². The SMILES string of the molecule is CC(C)NCCCCNCC(C)C(C)C. The summed E-state index contributed by atoms with van der Waals surface area (Å²) in [6.45, 7) is 14.8. The molecule has 0 bridgehead atoms. The molecule has 0 amide bonds. The van der Waals surface area contributed by atoms with Gasteiger partial charge < -0.3 is 10.6 Å². The van der Waals surface area contributed by atoms with Crippen LogP contribution in [0.5, 0.6) is 0 Å². The highest BCUT2D eigenvalue weighted by molar-refractivity contribution is 4.61. The maximum atomic E-state index is 3.53. The van der Waals surface area contributed by atoms with Crippen molar-refractivity contribution in [3.8, 4) is 0 Å². The summed E-state index contributed by atoms with van der Waals surface area (Å²) in [7, 11) is 0. The van der Waals surface area contributed by atoms with Gasteiger partial charge in [0.05, 0.1) is 0 Å². The normalized spacial score (nSPS) is 13.8. The van der Waals surface area contributed by atoms with Crippen molar-refractivity contribution in [3.05, 3.63) is 0 Å². The maximum absolute atomic E-state index is 3.53. The molecule has 0 aliphatic carbocycles. The number of nitrogens with one attached hydrogen (secondary N) is 2. The van der Waals surface area contributed by atoms with Gasteiger partial charge in [-0.3, -0.25) is 0 Å². The van der Waals surface area contributed by atoms with Gasteiger partial charge in [-0.05, 0) is 44.3 Å². The van der Waals surface area contributed by atoms with E-state index in [0.717, 1.165) is 31.5 Å². The van der Waals surface area contributed by atoms with Crippen molar-refractivity contribution in [2.75, 3.05) is 19.6 Å². The van der Waals surface area contributed by atoms with Crippen LogP contribution < -0.4 is 10.6 Å². The van der Waals surface area contributed by atoms with Gasteiger partial charge in [-0.2, -0.15) is 0 Å². The lowest BCUT2D eigenvalue weighted by Crippen LogP contribution is -2.27. The molecule has 2 N–H and O–H groups in total. The third-order valence-corrected chi connectivity index (χ3v) is 2.94. The minimum Gasteiger partial charge on any atom is -0.316 e. The van der Waals surface area contributed by atoms with E-state index in [1.165, 1.54) is 12.8 Å². The zero-order valence-corrected chi connectivity index (χ0v) is 11.3. The predicted molar refractivity (Wildman–Crippen MR) is 69.2 cm³/mol. The van der Waals surface area contributed by atoms with Crippen molar-refractivity contribution in [1.29, 1.82) is 0 Å². The van der Waals surface area contributed by atoms with Gasteiger partial charge in [0.2, 0.25) is 0 Å². The van der Waals surface area contributed by atoms with Crippen molar-refractivity contribution >= 4 is 0 Å². The molecule has 0 spiro atoms. The van der Waals surface area contributed by atoms with Crippen LogP contribution in [0.1, 0.15) is 47.5 Å². The summed E-state index contributed by atoms with van der Waals surface area (Å²) in [5, 5.41) is 6.96. The minimum absolute atomic E-state index is 0.624. The molecular formula is C13H30N2. The second kappa shape index (κ2) is 9.17. The molecule has 1 atom stereocenters. The lowest BCUT2D eigenvalue weighted by molar-refractivity contribution is 0.390. The zero-order valence-electron chi connectivity index (χ0n) is 11.3. The molecule has 0 aromatic rings. The van der Waals surface area contributed by atoms with Crippen molar-refractivity contribution < 1.29 is 0 Å². The predicted octanol–water partition coefficient (Wildman–Crippen LogP) is 2.65. The van der Waals surface area contributed by atoms with Crippen LogP contribution in [0.15, 0.2) is 0 Å². The molecule has 1 unspecified atom stereocenters. The fraction of sp³-hybridized carbons (Fsp3) is 1.00. The molecule has 0 aliphatic heterocycles.